The Bertz CT molecular complexity index is 1060. The van der Waals surface area contributed by atoms with Gasteiger partial charge < -0.3 is 9.64 Å². The van der Waals surface area contributed by atoms with Crippen molar-refractivity contribution in [1.82, 2.24) is 0 Å². The van der Waals surface area contributed by atoms with Gasteiger partial charge in [-0.25, -0.2) is 8.42 Å². The number of likely N-dealkylation sites (N-methyl/N-ethyl adjacent to an activating group) is 1. The van der Waals surface area contributed by atoms with Crippen LogP contribution in [0, 0.1) is 6.92 Å². The van der Waals surface area contributed by atoms with Crippen LogP contribution in [0.3, 0.4) is 0 Å². The van der Waals surface area contributed by atoms with Crippen molar-refractivity contribution in [2.45, 2.75) is 11.1 Å². The molecule has 29 heavy (non-hydrogen) atoms. The summed E-state index contributed by atoms with van der Waals surface area (Å²) < 4.78 is 32.2. The lowest BCUT2D eigenvalue weighted by molar-refractivity contribution is -0.120. The number of aryl methyl sites for hydroxylation is 1. The third kappa shape index (κ3) is 4.78. The van der Waals surface area contributed by atoms with E-state index in [-0.39, 0.29) is 16.7 Å². The monoisotopic (exact) mass is 430 g/mol. The van der Waals surface area contributed by atoms with Gasteiger partial charge in [0.05, 0.1) is 5.69 Å². The Balaban J connectivity index is 1.62. The van der Waals surface area contributed by atoms with Crippen LogP contribution in [0.4, 0.5) is 11.4 Å². The number of carbonyl (C=O) groups is 1. The molecular weight excluding hydrogens is 408 g/mol. The molecule has 1 heterocycles. The third-order valence-electron chi connectivity index (χ3n) is 4.47. The van der Waals surface area contributed by atoms with Gasteiger partial charge in [0.2, 0.25) is 0 Å². The van der Waals surface area contributed by atoms with Gasteiger partial charge in [-0.05, 0) is 54.8 Å². The van der Waals surface area contributed by atoms with Gasteiger partial charge in [-0.2, -0.15) is 0 Å². The van der Waals surface area contributed by atoms with E-state index in [2.05, 4.69) is 0 Å². The fourth-order valence-electron chi connectivity index (χ4n) is 2.59. The van der Waals surface area contributed by atoms with E-state index in [0.717, 1.165) is 11.3 Å². The maximum atomic E-state index is 12.6. The molecule has 2 aromatic carbocycles. The van der Waals surface area contributed by atoms with Crippen molar-refractivity contribution in [3.05, 3.63) is 71.6 Å². The minimum absolute atomic E-state index is 0.118. The van der Waals surface area contributed by atoms with Gasteiger partial charge in [-0.1, -0.05) is 23.8 Å². The summed E-state index contributed by atoms with van der Waals surface area (Å²) in [6.45, 7) is 1.87. The zero-order valence-corrected chi connectivity index (χ0v) is 18.0. The molecule has 0 aliphatic carbocycles. The quantitative estimate of drug-likeness (QED) is 0.570. The number of nitrogens with zero attached hydrogens (tertiary/aromatic N) is 2. The number of ether oxygens (including phenoxy) is 1. The molecule has 0 saturated carbocycles. The summed E-state index contributed by atoms with van der Waals surface area (Å²) in [4.78, 5) is 13.9. The smallest absolute Gasteiger partial charge is 0.273 e. The zero-order chi connectivity index (χ0) is 21.0. The van der Waals surface area contributed by atoms with Gasteiger partial charge in [0.15, 0.2) is 6.61 Å². The Morgan fingerprint density at radius 3 is 2.17 bits per heavy atom. The molecule has 6 nitrogen and oxygen atoms in total. The number of hydrogen-bond acceptors (Lipinski definition) is 5. The second kappa shape index (κ2) is 8.67. The second-order valence-corrected chi connectivity index (χ2v) is 9.62. The van der Waals surface area contributed by atoms with Gasteiger partial charge in [-0.15, -0.1) is 11.3 Å². The molecule has 0 fully saturated rings. The molecule has 1 amide bonds. The molecule has 0 aliphatic heterocycles. The SMILES string of the molecule is Cc1ccc(N(C)C(=O)COc2ccc(N(C)S(=O)(=O)c3cccs3)cc2)cc1. The van der Waals surface area contributed by atoms with Crippen molar-refractivity contribution < 1.29 is 17.9 Å². The predicted octanol–water partition coefficient (Wildman–Crippen LogP) is 3.92. The van der Waals surface area contributed by atoms with Crippen LogP contribution in [0.2, 0.25) is 0 Å². The first-order valence-corrected chi connectivity index (χ1v) is 11.2. The summed E-state index contributed by atoms with van der Waals surface area (Å²) in [6, 6.07) is 17.5. The number of hydrogen-bond donors (Lipinski definition) is 0. The number of rotatable bonds is 7. The van der Waals surface area contributed by atoms with E-state index in [9.17, 15) is 13.2 Å². The van der Waals surface area contributed by atoms with Crippen LogP contribution in [0.15, 0.2) is 70.3 Å². The molecule has 0 atom stereocenters. The molecule has 0 aliphatic rings. The number of amides is 1. The fraction of sp³-hybridized carbons (Fsp3) is 0.190. The Morgan fingerprint density at radius 1 is 0.966 bits per heavy atom. The molecular formula is C21H22N2O4S2. The average molecular weight is 431 g/mol. The van der Waals surface area contributed by atoms with E-state index < -0.39 is 10.0 Å². The molecule has 1 aromatic heterocycles. The molecule has 3 rings (SSSR count). The van der Waals surface area contributed by atoms with Crippen LogP contribution in [-0.4, -0.2) is 35.0 Å². The summed E-state index contributed by atoms with van der Waals surface area (Å²) in [5.74, 6) is 0.302. The largest absolute Gasteiger partial charge is 0.484 e. The fourth-order valence-corrected chi connectivity index (χ4v) is 4.95. The predicted molar refractivity (Wildman–Crippen MR) is 116 cm³/mol. The van der Waals surface area contributed by atoms with E-state index in [1.807, 2.05) is 31.2 Å². The lowest BCUT2D eigenvalue weighted by Gasteiger charge is -2.19. The zero-order valence-electron chi connectivity index (χ0n) is 16.4. The summed E-state index contributed by atoms with van der Waals surface area (Å²) >= 11 is 1.17. The van der Waals surface area contributed by atoms with Crippen molar-refractivity contribution in [2.24, 2.45) is 0 Å². The first-order valence-electron chi connectivity index (χ1n) is 8.87. The number of benzene rings is 2. The maximum absolute atomic E-state index is 12.6. The van der Waals surface area contributed by atoms with Crippen LogP contribution >= 0.6 is 11.3 Å². The number of sulfonamides is 1. The Labute approximate surface area is 175 Å². The Hall–Kier alpha value is -2.84. The lowest BCUT2D eigenvalue weighted by Crippen LogP contribution is -2.31. The molecule has 0 N–H and O–H groups in total. The molecule has 0 spiro atoms. The first kappa shape index (κ1) is 20.9. The minimum atomic E-state index is -3.58. The molecule has 0 unspecified atom stereocenters. The summed E-state index contributed by atoms with van der Waals surface area (Å²) in [5, 5.41) is 1.72. The third-order valence-corrected chi connectivity index (χ3v) is 7.63. The van der Waals surface area contributed by atoms with Crippen molar-refractivity contribution in [2.75, 3.05) is 29.9 Å². The van der Waals surface area contributed by atoms with Crippen LogP contribution in [0.5, 0.6) is 5.75 Å². The van der Waals surface area contributed by atoms with Crippen molar-refractivity contribution in [3.8, 4) is 5.75 Å². The molecule has 0 radical (unpaired) electrons. The number of anilines is 2. The second-order valence-electron chi connectivity index (χ2n) is 6.48. The minimum Gasteiger partial charge on any atom is -0.484 e. The molecule has 3 aromatic rings. The highest BCUT2D eigenvalue weighted by Gasteiger charge is 2.22. The van der Waals surface area contributed by atoms with Gasteiger partial charge in [-0.3, -0.25) is 9.10 Å². The molecule has 152 valence electrons. The average Bonchev–Trinajstić information content (AvgIpc) is 3.27. The van der Waals surface area contributed by atoms with E-state index in [4.69, 9.17) is 4.74 Å². The van der Waals surface area contributed by atoms with Crippen molar-refractivity contribution in [3.63, 3.8) is 0 Å². The van der Waals surface area contributed by atoms with E-state index >= 15 is 0 Å². The van der Waals surface area contributed by atoms with Crippen LogP contribution in [0.25, 0.3) is 0 Å². The van der Waals surface area contributed by atoms with Gasteiger partial charge >= 0.3 is 0 Å². The highest BCUT2D eigenvalue weighted by atomic mass is 32.2. The van der Waals surface area contributed by atoms with E-state index in [1.165, 1.54) is 27.6 Å². The van der Waals surface area contributed by atoms with Gasteiger partial charge in [0, 0.05) is 19.8 Å². The summed E-state index contributed by atoms with van der Waals surface area (Å²) in [5.41, 5.74) is 2.42. The van der Waals surface area contributed by atoms with Gasteiger partial charge in [0.25, 0.3) is 15.9 Å². The topological polar surface area (TPSA) is 66.9 Å². The van der Waals surface area contributed by atoms with Crippen LogP contribution in [-0.2, 0) is 14.8 Å². The normalized spacial score (nSPS) is 11.1. The highest BCUT2D eigenvalue weighted by Crippen LogP contribution is 2.26. The number of carbonyl (C=O) groups excluding carboxylic acids is 1. The first-order chi connectivity index (χ1) is 13.8. The maximum Gasteiger partial charge on any atom is 0.273 e. The summed E-state index contributed by atoms with van der Waals surface area (Å²) in [7, 11) is -0.379. The van der Waals surface area contributed by atoms with Crippen molar-refractivity contribution >= 4 is 38.6 Å². The molecule has 8 heteroatoms. The van der Waals surface area contributed by atoms with Crippen LogP contribution in [0.1, 0.15) is 5.56 Å². The lowest BCUT2D eigenvalue weighted by atomic mass is 10.2. The number of thiophene rings is 1. The van der Waals surface area contributed by atoms with E-state index in [0.29, 0.717) is 11.4 Å². The Kier molecular flexibility index (Phi) is 6.24. The van der Waals surface area contributed by atoms with Crippen molar-refractivity contribution in [1.29, 1.82) is 0 Å². The van der Waals surface area contributed by atoms with E-state index in [1.54, 1.807) is 48.8 Å². The standard InChI is InChI=1S/C21H22N2O4S2/c1-16-6-8-17(9-7-16)22(2)20(24)15-27-19-12-10-18(11-13-19)23(3)29(25,26)21-5-4-14-28-21/h4-14H,15H2,1-3H3. The molecule has 0 saturated heterocycles. The van der Waals surface area contributed by atoms with Crippen LogP contribution < -0.4 is 13.9 Å². The highest BCUT2D eigenvalue weighted by molar-refractivity contribution is 7.94. The summed E-state index contributed by atoms with van der Waals surface area (Å²) in [6.07, 6.45) is 0. The Morgan fingerprint density at radius 2 is 1.59 bits per heavy atom. The molecule has 0 bridgehead atoms. The van der Waals surface area contributed by atoms with Gasteiger partial charge in [0.1, 0.15) is 9.96 Å².